The first-order chi connectivity index (χ1) is 11.7. The zero-order valence-corrected chi connectivity index (χ0v) is 15.5. The van der Waals surface area contributed by atoms with E-state index in [4.69, 9.17) is 0 Å². The van der Waals surface area contributed by atoms with Crippen LogP contribution in [0.15, 0.2) is 42.7 Å². The van der Waals surface area contributed by atoms with Crippen LogP contribution in [0.4, 0.5) is 5.69 Å². The lowest BCUT2D eigenvalue weighted by atomic mass is 9.74. The second kappa shape index (κ2) is 6.64. The molecule has 1 aliphatic rings. The van der Waals surface area contributed by atoms with E-state index in [1.165, 1.54) is 0 Å². The van der Waals surface area contributed by atoms with Crippen molar-refractivity contribution >= 4 is 11.6 Å². The van der Waals surface area contributed by atoms with Gasteiger partial charge in [-0.05, 0) is 70.7 Å². The summed E-state index contributed by atoms with van der Waals surface area (Å²) in [7, 11) is 0. The van der Waals surface area contributed by atoms with Crippen LogP contribution in [0.25, 0.3) is 5.69 Å². The highest BCUT2D eigenvalue weighted by Gasteiger charge is 2.38. The van der Waals surface area contributed by atoms with Gasteiger partial charge in [-0.2, -0.15) is 5.10 Å². The van der Waals surface area contributed by atoms with Crippen molar-refractivity contribution in [1.82, 2.24) is 15.1 Å². The number of benzene rings is 1. The lowest BCUT2D eigenvalue weighted by Crippen LogP contribution is -2.58. The van der Waals surface area contributed by atoms with E-state index in [0.717, 1.165) is 24.2 Å². The average molecular weight is 340 g/mol. The van der Waals surface area contributed by atoms with Crippen molar-refractivity contribution in [2.75, 3.05) is 5.32 Å². The number of carbonyl (C=O) groups is 1. The first kappa shape index (κ1) is 17.7. The molecule has 1 aromatic heterocycles. The van der Waals surface area contributed by atoms with Gasteiger partial charge in [0.25, 0.3) is 0 Å². The maximum atomic E-state index is 12.5. The average Bonchev–Trinajstić information content (AvgIpc) is 2.97. The molecule has 1 saturated heterocycles. The van der Waals surface area contributed by atoms with Gasteiger partial charge in [-0.25, -0.2) is 4.68 Å². The number of nitrogens with zero attached hydrogens (tertiary/aromatic N) is 2. The molecule has 0 aliphatic carbocycles. The van der Waals surface area contributed by atoms with Gasteiger partial charge in [-0.3, -0.25) is 4.79 Å². The lowest BCUT2D eigenvalue weighted by Gasteiger charge is -2.46. The van der Waals surface area contributed by atoms with E-state index in [-0.39, 0.29) is 17.0 Å². The number of nitrogens with one attached hydrogen (secondary N) is 2. The Hall–Kier alpha value is -2.14. The van der Waals surface area contributed by atoms with Gasteiger partial charge < -0.3 is 10.6 Å². The number of anilines is 1. The molecular formula is C20H28N4O. The third kappa shape index (κ3) is 4.69. The van der Waals surface area contributed by atoms with E-state index in [2.05, 4.69) is 43.4 Å². The van der Waals surface area contributed by atoms with Crippen LogP contribution in [0.2, 0.25) is 0 Å². The summed E-state index contributed by atoms with van der Waals surface area (Å²) in [5, 5.41) is 10.9. The molecule has 5 nitrogen and oxygen atoms in total. The minimum absolute atomic E-state index is 0.0622. The van der Waals surface area contributed by atoms with Gasteiger partial charge >= 0.3 is 0 Å². The minimum Gasteiger partial charge on any atom is -0.326 e. The Balaban J connectivity index is 1.64. The fourth-order valence-corrected chi connectivity index (χ4v) is 4.30. The summed E-state index contributed by atoms with van der Waals surface area (Å²) in [6.07, 6.45) is 6.21. The largest absolute Gasteiger partial charge is 0.326 e. The Labute approximate surface area is 149 Å². The van der Waals surface area contributed by atoms with Gasteiger partial charge in [0.2, 0.25) is 5.91 Å². The van der Waals surface area contributed by atoms with Gasteiger partial charge in [-0.15, -0.1) is 0 Å². The quantitative estimate of drug-likeness (QED) is 0.891. The molecule has 25 heavy (non-hydrogen) atoms. The van der Waals surface area contributed by atoms with Crippen LogP contribution in [-0.4, -0.2) is 26.8 Å². The van der Waals surface area contributed by atoms with Crippen LogP contribution in [0.1, 0.15) is 47.0 Å². The number of hydrogen-bond donors (Lipinski definition) is 2. The molecule has 0 atom stereocenters. The molecule has 2 N–H and O–H groups in total. The number of aromatic nitrogens is 2. The molecule has 2 aromatic rings. The molecule has 1 aliphatic heterocycles. The Kier molecular flexibility index (Phi) is 4.69. The Bertz CT molecular complexity index is 718. The van der Waals surface area contributed by atoms with Crippen molar-refractivity contribution in [3.8, 4) is 5.69 Å². The molecule has 0 saturated carbocycles. The second-order valence-electron chi connectivity index (χ2n) is 8.42. The SMILES string of the molecule is CC1(C)CC(CC(=O)Nc2cccc(-n3cccn3)c2)CC(C)(C)N1. The summed E-state index contributed by atoms with van der Waals surface area (Å²) >= 11 is 0. The van der Waals surface area contributed by atoms with Gasteiger partial charge in [0.05, 0.1) is 5.69 Å². The number of amides is 1. The fourth-order valence-electron chi connectivity index (χ4n) is 4.30. The van der Waals surface area contributed by atoms with Gasteiger partial charge in [0, 0.05) is 35.6 Å². The molecule has 0 radical (unpaired) electrons. The van der Waals surface area contributed by atoms with Gasteiger partial charge in [0.15, 0.2) is 0 Å². The summed E-state index contributed by atoms with van der Waals surface area (Å²) in [5.41, 5.74) is 1.87. The summed E-state index contributed by atoms with van der Waals surface area (Å²) in [6, 6.07) is 9.65. The second-order valence-corrected chi connectivity index (χ2v) is 8.42. The standard InChI is InChI=1S/C20H28N4O/c1-19(2)13-15(14-20(3,4)23-19)11-18(25)22-16-7-5-8-17(12-16)24-10-6-9-21-24/h5-10,12,15,23H,11,13-14H2,1-4H3,(H,22,25). The van der Waals surface area contributed by atoms with E-state index < -0.39 is 0 Å². The van der Waals surface area contributed by atoms with Crippen molar-refractivity contribution in [1.29, 1.82) is 0 Å². The number of rotatable bonds is 4. The molecule has 1 aromatic carbocycles. The van der Waals surface area contributed by atoms with Crippen LogP contribution >= 0.6 is 0 Å². The van der Waals surface area contributed by atoms with Crippen LogP contribution in [-0.2, 0) is 4.79 Å². The molecule has 0 bridgehead atoms. The normalized spacial score (nSPS) is 19.5. The third-order valence-electron chi connectivity index (χ3n) is 4.65. The maximum Gasteiger partial charge on any atom is 0.224 e. The smallest absolute Gasteiger partial charge is 0.224 e. The van der Waals surface area contributed by atoms with Crippen molar-refractivity contribution in [3.63, 3.8) is 0 Å². The topological polar surface area (TPSA) is 59.0 Å². The molecule has 0 unspecified atom stereocenters. The zero-order chi connectivity index (χ0) is 18.1. The summed E-state index contributed by atoms with van der Waals surface area (Å²) in [4.78, 5) is 12.5. The first-order valence-electron chi connectivity index (χ1n) is 8.92. The van der Waals surface area contributed by atoms with Gasteiger partial charge in [-0.1, -0.05) is 6.07 Å². The predicted octanol–water partition coefficient (Wildman–Crippen LogP) is 3.76. The third-order valence-corrected chi connectivity index (χ3v) is 4.65. The zero-order valence-electron chi connectivity index (χ0n) is 15.5. The highest BCUT2D eigenvalue weighted by molar-refractivity contribution is 5.91. The van der Waals surface area contributed by atoms with Crippen LogP contribution in [0.3, 0.4) is 0 Å². The highest BCUT2D eigenvalue weighted by atomic mass is 16.1. The molecular weight excluding hydrogens is 312 g/mol. The molecule has 3 rings (SSSR count). The Morgan fingerprint density at radius 1 is 1.24 bits per heavy atom. The highest BCUT2D eigenvalue weighted by Crippen LogP contribution is 2.34. The fraction of sp³-hybridized carbons (Fsp3) is 0.500. The number of carbonyl (C=O) groups excluding carboxylic acids is 1. The molecule has 134 valence electrons. The number of hydrogen-bond acceptors (Lipinski definition) is 3. The maximum absolute atomic E-state index is 12.5. The van der Waals surface area contributed by atoms with Crippen molar-refractivity contribution in [2.45, 2.75) is 58.0 Å². The molecule has 5 heteroatoms. The molecule has 1 amide bonds. The van der Waals surface area contributed by atoms with Crippen LogP contribution in [0, 0.1) is 5.92 Å². The Morgan fingerprint density at radius 3 is 2.60 bits per heavy atom. The minimum atomic E-state index is 0.0622. The van der Waals surface area contributed by atoms with E-state index >= 15 is 0 Å². The van der Waals surface area contributed by atoms with Gasteiger partial charge in [0.1, 0.15) is 0 Å². The predicted molar refractivity (Wildman–Crippen MR) is 101 cm³/mol. The summed E-state index contributed by atoms with van der Waals surface area (Å²) in [6.45, 7) is 8.86. The van der Waals surface area contributed by atoms with Crippen molar-refractivity contribution in [3.05, 3.63) is 42.7 Å². The van der Waals surface area contributed by atoms with Crippen LogP contribution < -0.4 is 10.6 Å². The summed E-state index contributed by atoms with van der Waals surface area (Å²) in [5.74, 6) is 0.469. The summed E-state index contributed by atoms with van der Waals surface area (Å²) < 4.78 is 1.79. The lowest BCUT2D eigenvalue weighted by molar-refractivity contribution is -0.117. The number of piperidine rings is 1. The van der Waals surface area contributed by atoms with E-state index in [9.17, 15) is 4.79 Å². The first-order valence-corrected chi connectivity index (χ1v) is 8.92. The van der Waals surface area contributed by atoms with E-state index in [0.29, 0.717) is 12.3 Å². The van der Waals surface area contributed by atoms with Crippen molar-refractivity contribution in [2.24, 2.45) is 5.92 Å². The van der Waals surface area contributed by atoms with E-state index in [1.807, 2.05) is 36.5 Å². The van der Waals surface area contributed by atoms with Crippen molar-refractivity contribution < 1.29 is 4.79 Å². The molecule has 1 fully saturated rings. The Morgan fingerprint density at radius 2 is 1.96 bits per heavy atom. The monoisotopic (exact) mass is 340 g/mol. The molecule has 0 spiro atoms. The molecule has 2 heterocycles. The van der Waals surface area contributed by atoms with Crippen LogP contribution in [0.5, 0.6) is 0 Å². The van der Waals surface area contributed by atoms with E-state index in [1.54, 1.807) is 10.9 Å².